The normalized spacial score (nSPS) is 11.2. The van der Waals surface area contributed by atoms with Gasteiger partial charge in [0.25, 0.3) is 0 Å². The van der Waals surface area contributed by atoms with Crippen LogP contribution in [-0.4, -0.2) is 40.1 Å². The van der Waals surface area contributed by atoms with Crippen LogP contribution in [0.5, 0.6) is 5.75 Å². The van der Waals surface area contributed by atoms with Gasteiger partial charge in [0.05, 0.1) is 29.6 Å². The van der Waals surface area contributed by atoms with E-state index in [0.29, 0.717) is 35.4 Å². The lowest BCUT2D eigenvalue weighted by atomic mass is 10.2. The Labute approximate surface area is 212 Å². The first kappa shape index (κ1) is 24.6. The Morgan fingerprint density at radius 3 is 2.62 bits per heavy atom. The van der Waals surface area contributed by atoms with Gasteiger partial charge in [0.1, 0.15) is 5.75 Å². The minimum atomic E-state index is 0.0466. The van der Waals surface area contributed by atoms with E-state index in [-0.39, 0.29) is 5.91 Å². The Kier molecular flexibility index (Phi) is 7.80. The highest BCUT2D eigenvalue weighted by molar-refractivity contribution is 7.99. The van der Waals surface area contributed by atoms with Crippen molar-refractivity contribution in [3.63, 3.8) is 0 Å². The molecule has 0 aliphatic heterocycles. The van der Waals surface area contributed by atoms with Gasteiger partial charge in [0.15, 0.2) is 5.13 Å². The van der Waals surface area contributed by atoms with E-state index in [1.54, 1.807) is 23.8 Å². The number of benzene rings is 2. The number of ether oxygens (including phenoxy) is 1. The van der Waals surface area contributed by atoms with Crippen molar-refractivity contribution in [1.82, 2.24) is 14.8 Å². The molecule has 4 aromatic rings. The van der Waals surface area contributed by atoms with Crippen LogP contribution in [0.1, 0.15) is 23.4 Å². The van der Waals surface area contributed by atoms with Crippen LogP contribution in [0.3, 0.4) is 0 Å². The average molecular weight is 515 g/mol. The molecule has 2 aromatic carbocycles. The van der Waals surface area contributed by atoms with Crippen LogP contribution in [0.4, 0.5) is 5.13 Å². The van der Waals surface area contributed by atoms with Crippen LogP contribution < -0.4 is 9.64 Å². The average Bonchev–Trinajstić information content (AvgIpc) is 3.39. The molecular weight excluding hydrogens is 488 g/mol. The highest BCUT2D eigenvalue weighted by Gasteiger charge is 2.21. The number of thiazole rings is 1. The fraction of sp³-hybridized carbons (Fsp3) is 0.320. The molecule has 0 unspecified atom stereocenters. The second-order valence-electron chi connectivity index (χ2n) is 7.99. The molecule has 0 fully saturated rings. The fourth-order valence-electron chi connectivity index (χ4n) is 3.69. The van der Waals surface area contributed by atoms with Gasteiger partial charge in [0.2, 0.25) is 5.91 Å². The highest BCUT2D eigenvalue weighted by Crippen LogP contribution is 2.34. The topological polar surface area (TPSA) is 60.2 Å². The SMILES string of the molecule is COc1ccc(SCCC(=O)N(CCn2nc(C)cc2C)c2nc3c(C)c(Cl)ccc3s2)cc1. The number of rotatable bonds is 9. The first-order valence-electron chi connectivity index (χ1n) is 11.0. The third-order valence-electron chi connectivity index (χ3n) is 5.55. The molecule has 0 saturated heterocycles. The van der Waals surface area contributed by atoms with Gasteiger partial charge in [-0.15, -0.1) is 11.8 Å². The molecule has 2 heterocycles. The van der Waals surface area contributed by atoms with E-state index in [0.717, 1.165) is 37.8 Å². The van der Waals surface area contributed by atoms with Gasteiger partial charge in [-0.25, -0.2) is 4.98 Å². The molecule has 178 valence electrons. The molecule has 0 bridgehead atoms. The smallest absolute Gasteiger partial charge is 0.229 e. The molecule has 0 radical (unpaired) electrons. The summed E-state index contributed by atoms with van der Waals surface area (Å²) in [6, 6.07) is 13.8. The highest BCUT2D eigenvalue weighted by atomic mass is 35.5. The van der Waals surface area contributed by atoms with Crippen molar-refractivity contribution in [1.29, 1.82) is 0 Å². The summed E-state index contributed by atoms with van der Waals surface area (Å²) in [6.07, 6.45) is 0.406. The van der Waals surface area contributed by atoms with Crippen LogP contribution in [0.15, 0.2) is 47.4 Å². The van der Waals surface area contributed by atoms with E-state index in [1.807, 2.05) is 67.9 Å². The van der Waals surface area contributed by atoms with Crippen LogP contribution in [0.25, 0.3) is 10.2 Å². The van der Waals surface area contributed by atoms with E-state index in [2.05, 4.69) is 5.10 Å². The predicted molar refractivity (Wildman–Crippen MR) is 142 cm³/mol. The van der Waals surface area contributed by atoms with Crippen LogP contribution in [-0.2, 0) is 11.3 Å². The molecule has 4 rings (SSSR count). The minimum absolute atomic E-state index is 0.0466. The number of hydrogen-bond donors (Lipinski definition) is 0. The maximum atomic E-state index is 13.4. The minimum Gasteiger partial charge on any atom is -0.497 e. The number of fused-ring (bicyclic) bond motifs is 1. The van der Waals surface area contributed by atoms with Crippen LogP contribution in [0, 0.1) is 20.8 Å². The number of amides is 1. The zero-order valence-corrected chi connectivity index (χ0v) is 22.1. The van der Waals surface area contributed by atoms with E-state index in [4.69, 9.17) is 21.3 Å². The summed E-state index contributed by atoms with van der Waals surface area (Å²) in [7, 11) is 1.65. The first-order valence-corrected chi connectivity index (χ1v) is 13.2. The molecule has 6 nitrogen and oxygen atoms in total. The Hall–Kier alpha value is -2.55. The number of nitrogens with zero attached hydrogens (tertiary/aromatic N) is 4. The van der Waals surface area contributed by atoms with Crippen molar-refractivity contribution in [2.24, 2.45) is 0 Å². The van der Waals surface area contributed by atoms with E-state index >= 15 is 0 Å². The lowest BCUT2D eigenvalue weighted by molar-refractivity contribution is -0.118. The number of hydrogen-bond acceptors (Lipinski definition) is 6. The Balaban J connectivity index is 1.52. The third kappa shape index (κ3) is 5.56. The summed E-state index contributed by atoms with van der Waals surface area (Å²) in [6.45, 7) is 7.07. The maximum Gasteiger partial charge on any atom is 0.229 e. The zero-order valence-electron chi connectivity index (χ0n) is 19.7. The monoisotopic (exact) mass is 514 g/mol. The predicted octanol–water partition coefficient (Wildman–Crippen LogP) is 6.30. The Bertz CT molecular complexity index is 1300. The van der Waals surface area contributed by atoms with Crippen molar-refractivity contribution in [3.05, 3.63) is 64.4 Å². The van der Waals surface area contributed by atoms with E-state index in [9.17, 15) is 4.79 Å². The Morgan fingerprint density at radius 1 is 1.18 bits per heavy atom. The number of aryl methyl sites for hydroxylation is 3. The number of halogens is 1. The van der Waals surface area contributed by atoms with Gasteiger partial charge in [-0.1, -0.05) is 22.9 Å². The van der Waals surface area contributed by atoms with Crippen molar-refractivity contribution >= 4 is 56.0 Å². The quantitative estimate of drug-likeness (QED) is 0.245. The molecule has 34 heavy (non-hydrogen) atoms. The standard InChI is InChI=1S/C25H27ClN4O2S2/c1-16-15-17(2)30(28-16)13-12-29(25-27-24-18(3)21(26)9-10-22(24)34-25)23(31)11-14-33-20-7-5-19(32-4)6-8-20/h5-10,15H,11-14H2,1-4H3. The molecule has 0 spiro atoms. The molecule has 0 aliphatic carbocycles. The number of carbonyl (C=O) groups is 1. The first-order chi connectivity index (χ1) is 16.4. The second-order valence-corrected chi connectivity index (χ2v) is 10.6. The Morgan fingerprint density at radius 2 is 1.94 bits per heavy atom. The van der Waals surface area contributed by atoms with Crippen LogP contribution >= 0.6 is 34.7 Å². The number of carbonyl (C=O) groups excluding carboxylic acids is 1. The van der Waals surface area contributed by atoms with E-state index in [1.165, 1.54) is 11.3 Å². The van der Waals surface area contributed by atoms with Crippen molar-refractivity contribution in [2.45, 2.75) is 38.6 Å². The van der Waals surface area contributed by atoms with Crippen LogP contribution in [0.2, 0.25) is 5.02 Å². The van der Waals surface area contributed by atoms with Gasteiger partial charge in [-0.05, 0) is 68.8 Å². The van der Waals surface area contributed by atoms with Crippen molar-refractivity contribution < 1.29 is 9.53 Å². The zero-order chi connectivity index (χ0) is 24.2. The van der Waals surface area contributed by atoms with Gasteiger partial charge in [-0.2, -0.15) is 5.10 Å². The van der Waals surface area contributed by atoms with Gasteiger partial charge < -0.3 is 4.74 Å². The number of anilines is 1. The van der Waals surface area contributed by atoms with Crippen molar-refractivity contribution in [2.75, 3.05) is 24.3 Å². The summed E-state index contributed by atoms with van der Waals surface area (Å²) in [5, 5.41) is 5.93. The summed E-state index contributed by atoms with van der Waals surface area (Å²) >= 11 is 9.48. The number of aromatic nitrogens is 3. The molecule has 0 aliphatic rings. The van der Waals surface area contributed by atoms with Gasteiger partial charge in [-0.3, -0.25) is 14.4 Å². The number of thioether (sulfide) groups is 1. The third-order valence-corrected chi connectivity index (χ3v) is 8.02. The van der Waals surface area contributed by atoms with E-state index < -0.39 is 0 Å². The largest absolute Gasteiger partial charge is 0.497 e. The number of methoxy groups -OCH3 is 1. The van der Waals surface area contributed by atoms with Gasteiger partial charge in [0, 0.05) is 34.3 Å². The molecule has 0 N–H and O–H groups in total. The fourth-order valence-corrected chi connectivity index (χ4v) is 5.75. The lowest BCUT2D eigenvalue weighted by Gasteiger charge is -2.20. The maximum absolute atomic E-state index is 13.4. The molecule has 2 aromatic heterocycles. The molecule has 0 atom stereocenters. The molecule has 1 amide bonds. The summed E-state index contributed by atoms with van der Waals surface area (Å²) in [5.41, 5.74) is 3.83. The molecule has 9 heteroatoms. The molecule has 0 saturated carbocycles. The second kappa shape index (κ2) is 10.8. The molecular formula is C25H27ClN4O2S2. The lowest BCUT2D eigenvalue weighted by Crippen LogP contribution is -2.34. The van der Waals surface area contributed by atoms with Gasteiger partial charge >= 0.3 is 0 Å². The summed E-state index contributed by atoms with van der Waals surface area (Å²) < 4.78 is 8.18. The summed E-state index contributed by atoms with van der Waals surface area (Å²) in [4.78, 5) is 21.1. The van der Waals surface area contributed by atoms with Crippen molar-refractivity contribution in [3.8, 4) is 5.75 Å². The summed E-state index contributed by atoms with van der Waals surface area (Å²) in [5.74, 6) is 1.55.